The molecular weight excluding hydrogens is 460 g/mol. The van der Waals surface area contributed by atoms with Gasteiger partial charge in [-0.1, -0.05) is 121 Å². The van der Waals surface area contributed by atoms with Crippen LogP contribution < -0.4 is 4.74 Å². The number of hydrogen-bond acceptors (Lipinski definition) is 4. The van der Waals surface area contributed by atoms with Gasteiger partial charge < -0.3 is 4.74 Å². The summed E-state index contributed by atoms with van der Waals surface area (Å²) < 4.78 is 6.10. The molecule has 2 aromatic rings. The van der Waals surface area contributed by atoms with Gasteiger partial charge in [-0.25, -0.2) is 0 Å². The topological polar surface area (TPSA) is 35.0 Å². The van der Waals surface area contributed by atoms with Crippen molar-refractivity contribution < 1.29 is 4.74 Å². The van der Waals surface area contributed by atoms with Crippen molar-refractivity contribution in [3.8, 4) is 16.3 Å². The molecular formula is C32H52N2OS. The summed E-state index contributed by atoms with van der Waals surface area (Å²) >= 11 is 1.75. The molecule has 0 aliphatic heterocycles. The smallest absolute Gasteiger partial charge is 0.147 e. The zero-order valence-electron chi connectivity index (χ0n) is 23.3. The lowest BCUT2D eigenvalue weighted by atomic mass is 9.74. The maximum absolute atomic E-state index is 6.10. The standard InChI is InChI=1S/C32H52N2OS/c1-3-5-7-8-9-10-11-13-21-31-33-34-32(36-31)29-22-24-30(25-23-29)35-26-16-20-28-19-15-14-18-27(28)17-12-6-4-2/h22-25,27-28H,3-21,26H2,1-2H3. The Hall–Kier alpha value is -1.42. The Morgan fingerprint density at radius 2 is 1.33 bits per heavy atom. The fourth-order valence-electron chi connectivity index (χ4n) is 5.81. The van der Waals surface area contributed by atoms with E-state index < -0.39 is 0 Å². The molecule has 0 amide bonds. The molecule has 3 rings (SSSR count). The van der Waals surface area contributed by atoms with E-state index in [0.29, 0.717) is 0 Å². The van der Waals surface area contributed by atoms with E-state index in [-0.39, 0.29) is 0 Å². The Morgan fingerprint density at radius 1 is 0.722 bits per heavy atom. The number of aryl methyl sites for hydroxylation is 1. The van der Waals surface area contributed by atoms with Gasteiger partial charge in [0, 0.05) is 12.0 Å². The second-order valence-electron chi connectivity index (χ2n) is 11.0. The molecule has 0 spiro atoms. The van der Waals surface area contributed by atoms with Crippen molar-refractivity contribution in [1.29, 1.82) is 0 Å². The molecule has 1 fully saturated rings. The molecule has 0 bridgehead atoms. The van der Waals surface area contributed by atoms with Crippen LogP contribution in [-0.4, -0.2) is 16.8 Å². The van der Waals surface area contributed by atoms with E-state index in [9.17, 15) is 0 Å². The van der Waals surface area contributed by atoms with Crippen LogP contribution in [0.5, 0.6) is 5.75 Å². The second kappa shape index (κ2) is 17.9. The summed E-state index contributed by atoms with van der Waals surface area (Å²) in [6.07, 6.45) is 25.8. The number of rotatable bonds is 19. The minimum atomic E-state index is 0.832. The summed E-state index contributed by atoms with van der Waals surface area (Å²) in [5.41, 5.74) is 1.15. The molecule has 0 N–H and O–H groups in total. The van der Waals surface area contributed by atoms with Crippen LogP contribution in [0.1, 0.15) is 134 Å². The first-order valence-electron chi connectivity index (χ1n) is 15.4. The summed E-state index contributed by atoms with van der Waals surface area (Å²) in [6, 6.07) is 8.48. The number of aromatic nitrogens is 2. The lowest BCUT2D eigenvalue weighted by Crippen LogP contribution is -2.20. The second-order valence-corrected chi connectivity index (χ2v) is 12.1. The normalized spacial score (nSPS) is 17.9. The molecule has 2 unspecified atom stereocenters. The third-order valence-electron chi connectivity index (χ3n) is 8.05. The first kappa shape index (κ1) is 29.1. The van der Waals surface area contributed by atoms with Crippen molar-refractivity contribution >= 4 is 11.3 Å². The van der Waals surface area contributed by atoms with Gasteiger partial charge in [0.1, 0.15) is 15.8 Å². The highest BCUT2D eigenvalue weighted by Gasteiger charge is 2.24. The molecule has 1 aromatic heterocycles. The molecule has 1 aliphatic rings. The first-order valence-corrected chi connectivity index (χ1v) is 16.2. The zero-order valence-corrected chi connectivity index (χ0v) is 24.1. The van der Waals surface area contributed by atoms with Crippen LogP contribution in [0.4, 0.5) is 0 Å². The number of benzene rings is 1. The molecule has 202 valence electrons. The molecule has 3 nitrogen and oxygen atoms in total. The number of hydrogen-bond donors (Lipinski definition) is 0. The van der Waals surface area contributed by atoms with E-state index in [1.165, 1.54) is 121 Å². The highest BCUT2D eigenvalue weighted by Crippen LogP contribution is 2.36. The van der Waals surface area contributed by atoms with E-state index in [4.69, 9.17) is 4.74 Å². The minimum Gasteiger partial charge on any atom is -0.494 e. The molecule has 0 radical (unpaired) electrons. The largest absolute Gasteiger partial charge is 0.494 e. The van der Waals surface area contributed by atoms with Crippen LogP contribution in [-0.2, 0) is 6.42 Å². The van der Waals surface area contributed by atoms with Gasteiger partial charge in [0.05, 0.1) is 6.61 Å². The van der Waals surface area contributed by atoms with Gasteiger partial charge in [0.15, 0.2) is 0 Å². The third-order valence-corrected chi connectivity index (χ3v) is 9.08. The molecule has 4 heteroatoms. The van der Waals surface area contributed by atoms with Crippen molar-refractivity contribution in [2.24, 2.45) is 11.8 Å². The van der Waals surface area contributed by atoms with Crippen molar-refractivity contribution in [3.63, 3.8) is 0 Å². The Morgan fingerprint density at radius 3 is 2.03 bits per heavy atom. The summed E-state index contributed by atoms with van der Waals surface area (Å²) in [5, 5.41) is 11.1. The summed E-state index contributed by atoms with van der Waals surface area (Å²) in [4.78, 5) is 0. The fourth-order valence-corrected chi connectivity index (χ4v) is 6.70. The zero-order chi connectivity index (χ0) is 25.3. The molecule has 0 saturated heterocycles. The van der Waals surface area contributed by atoms with Crippen molar-refractivity contribution in [3.05, 3.63) is 29.3 Å². The molecule has 1 heterocycles. The van der Waals surface area contributed by atoms with E-state index in [1.54, 1.807) is 11.3 Å². The minimum absolute atomic E-state index is 0.832. The molecule has 2 atom stereocenters. The van der Waals surface area contributed by atoms with Gasteiger partial charge in [0.25, 0.3) is 0 Å². The van der Waals surface area contributed by atoms with Crippen LogP contribution in [0.2, 0.25) is 0 Å². The first-order chi connectivity index (χ1) is 17.8. The number of ether oxygens (including phenoxy) is 1. The van der Waals surface area contributed by atoms with Gasteiger partial charge in [-0.15, -0.1) is 10.2 Å². The predicted octanol–water partition coefficient (Wildman–Crippen LogP) is 10.4. The lowest BCUT2D eigenvalue weighted by molar-refractivity contribution is 0.190. The maximum atomic E-state index is 6.10. The van der Waals surface area contributed by atoms with Gasteiger partial charge in [-0.05, 0) is 55.4 Å². The third kappa shape index (κ3) is 10.9. The number of unbranched alkanes of at least 4 members (excludes halogenated alkanes) is 9. The van der Waals surface area contributed by atoms with Gasteiger partial charge in [0.2, 0.25) is 0 Å². The summed E-state index contributed by atoms with van der Waals surface area (Å²) in [6.45, 7) is 5.42. The Bertz CT molecular complexity index is 803. The molecule has 1 aromatic carbocycles. The van der Waals surface area contributed by atoms with Crippen molar-refractivity contribution in [2.75, 3.05) is 6.61 Å². The van der Waals surface area contributed by atoms with Crippen LogP contribution in [0, 0.1) is 11.8 Å². The van der Waals surface area contributed by atoms with Crippen LogP contribution in [0.3, 0.4) is 0 Å². The molecule has 1 saturated carbocycles. The van der Waals surface area contributed by atoms with Crippen molar-refractivity contribution in [1.82, 2.24) is 10.2 Å². The predicted molar refractivity (Wildman–Crippen MR) is 156 cm³/mol. The Balaban J connectivity index is 1.32. The average molecular weight is 513 g/mol. The summed E-state index contributed by atoms with van der Waals surface area (Å²) in [5.74, 6) is 2.88. The summed E-state index contributed by atoms with van der Waals surface area (Å²) in [7, 11) is 0. The SMILES string of the molecule is CCCCCCCCCCc1nnc(-c2ccc(OCCCC3CCCCC3CCCCC)cc2)s1. The van der Waals surface area contributed by atoms with Crippen LogP contribution >= 0.6 is 11.3 Å². The quantitative estimate of drug-likeness (QED) is 0.176. The van der Waals surface area contributed by atoms with Gasteiger partial charge in [-0.3, -0.25) is 0 Å². The average Bonchev–Trinajstić information content (AvgIpc) is 3.38. The van der Waals surface area contributed by atoms with E-state index in [1.807, 2.05) is 0 Å². The van der Waals surface area contributed by atoms with Crippen LogP contribution in [0.25, 0.3) is 10.6 Å². The molecule has 1 aliphatic carbocycles. The number of nitrogens with zero attached hydrogens (tertiary/aromatic N) is 2. The van der Waals surface area contributed by atoms with Gasteiger partial charge in [-0.2, -0.15) is 0 Å². The monoisotopic (exact) mass is 512 g/mol. The fraction of sp³-hybridized carbons (Fsp3) is 0.750. The Labute approximate surface area is 225 Å². The van der Waals surface area contributed by atoms with Crippen molar-refractivity contribution in [2.45, 2.75) is 136 Å². The highest BCUT2D eigenvalue weighted by molar-refractivity contribution is 7.14. The van der Waals surface area contributed by atoms with Crippen LogP contribution in [0.15, 0.2) is 24.3 Å². The maximum Gasteiger partial charge on any atom is 0.147 e. The molecule has 36 heavy (non-hydrogen) atoms. The Kier molecular flexibility index (Phi) is 14.5. The van der Waals surface area contributed by atoms with Gasteiger partial charge >= 0.3 is 0 Å². The van der Waals surface area contributed by atoms with E-state index in [2.05, 4.69) is 48.3 Å². The lowest BCUT2D eigenvalue weighted by Gasteiger charge is -2.31. The highest BCUT2D eigenvalue weighted by atomic mass is 32.1. The van der Waals surface area contributed by atoms with E-state index >= 15 is 0 Å². The van der Waals surface area contributed by atoms with E-state index in [0.717, 1.165) is 41.2 Å².